The lowest BCUT2D eigenvalue weighted by Crippen LogP contribution is -2.54. The zero-order valence-corrected chi connectivity index (χ0v) is 18.9. The minimum absolute atomic E-state index is 0.0710. The Labute approximate surface area is 188 Å². The van der Waals surface area contributed by atoms with Gasteiger partial charge in [0.2, 0.25) is 5.91 Å². The summed E-state index contributed by atoms with van der Waals surface area (Å²) in [4.78, 5) is 42.3. The van der Waals surface area contributed by atoms with Crippen LogP contribution in [0.25, 0.3) is 0 Å². The summed E-state index contributed by atoms with van der Waals surface area (Å²) in [5.74, 6) is 0.254. The van der Waals surface area contributed by atoms with Crippen molar-refractivity contribution >= 4 is 17.7 Å². The van der Waals surface area contributed by atoms with Crippen LogP contribution in [-0.4, -0.2) is 66.9 Å². The zero-order valence-electron chi connectivity index (χ0n) is 18.9. The number of rotatable bonds is 8. The highest BCUT2D eigenvalue weighted by Gasteiger charge is 2.36. The summed E-state index contributed by atoms with van der Waals surface area (Å²) in [5.41, 5.74) is 0.437. The summed E-state index contributed by atoms with van der Waals surface area (Å²) in [6, 6.07) is 9.53. The van der Waals surface area contributed by atoms with E-state index in [0.717, 1.165) is 0 Å². The third-order valence-corrected chi connectivity index (χ3v) is 5.99. The lowest BCUT2D eigenvalue weighted by molar-refractivity contribution is -0.134. The van der Waals surface area contributed by atoms with Crippen molar-refractivity contribution in [3.8, 4) is 5.75 Å². The van der Waals surface area contributed by atoms with Gasteiger partial charge in [0.15, 0.2) is 5.76 Å². The van der Waals surface area contributed by atoms with E-state index in [1.54, 1.807) is 53.3 Å². The normalized spacial score (nSPS) is 15.2. The van der Waals surface area contributed by atoms with E-state index in [-0.39, 0.29) is 23.6 Å². The first-order valence-electron chi connectivity index (χ1n) is 11.0. The van der Waals surface area contributed by atoms with E-state index in [9.17, 15) is 14.4 Å². The van der Waals surface area contributed by atoms with Gasteiger partial charge in [-0.15, -0.1) is 0 Å². The van der Waals surface area contributed by atoms with Crippen LogP contribution in [0.3, 0.4) is 0 Å². The van der Waals surface area contributed by atoms with Crippen molar-refractivity contribution in [3.05, 3.63) is 54.0 Å². The van der Waals surface area contributed by atoms with Gasteiger partial charge in [0.05, 0.1) is 13.4 Å². The molecule has 0 aliphatic carbocycles. The van der Waals surface area contributed by atoms with Crippen LogP contribution >= 0.6 is 0 Å². The van der Waals surface area contributed by atoms with E-state index in [1.807, 2.05) is 13.8 Å². The van der Waals surface area contributed by atoms with Crippen LogP contribution in [0.5, 0.6) is 5.75 Å². The lowest BCUT2D eigenvalue weighted by Gasteiger charge is -2.37. The molecule has 8 heteroatoms. The molecule has 2 heterocycles. The molecule has 1 fully saturated rings. The van der Waals surface area contributed by atoms with Crippen LogP contribution in [0.15, 0.2) is 47.1 Å². The fourth-order valence-electron chi connectivity index (χ4n) is 4.09. The highest BCUT2D eigenvalue weighted by molar-refractivity contribution is 5.98. The number of ether oxygens (including phenoxy) is 1. The third-order valence-electron chi connectivity index (χ3n) is 5.99. The van der Waals surface area contributed by atoms with Gasteiger partial charge in [0, 0.05) is 31.7 Å². The molecule has 1 aromatic heterocycles. The van der Waals surface area contributed by atoms with Crippen molar-refractivity contribution < 1.29 is 23.5 Å². The highest BCUT2D eigenvalue weighted by atomic mass is 16.5. The number of hydrogen-bond donors (Lipinski definition) is 1. The number of carbonyl (C=O) groups excluding carboxylic acids is 3. The second kappa shape index (κ2) is 10.8. The topological polar surface area (TPSA) is 92.1 Å². The summed E-state index contributed by atoms with van der Waals surface area (Å²) in [7, 11) is 1.54. The molecule has 3 amide bonds. The van der Waals surface area contributed by atoms with E-state index in [2.05, 4.69) is 5.32 Å². The largest absolute Gasteiger partial charge is 0.497 e. The van der Waals surface area contributed by atoms with Crippen LogP contribution in [-0.2, 0) is 4.79 Å². The zero-order chi connectivity index (χ0) is 23.1. The minimum Gasteiger partial charge on any atom is -0.497 e. The van der Waals surface area contributed by atoms with Gasteiger partial charge in [0.1, 0.15) is 11.8 Å². The molecular formula is C24H31N3O5. The Balaban J connectivity index is 1.73. The van der Waals surface area contributed by atoms with Crippen molar-refractivity contribution in [1.29, 1.82) is 0 Å². The maximum atomic E-state index is 13.3. The first-order valence-corrected chi connectivity index (χ1v) is 11.0. The number of methoxy groups -OCH3 is 1. The molecule has 0 saturated carbocycles. The number of likely N-dealkylation sites (tertiary alicyclic amines) is 1. The predicted octanol–water partition coefficient (Wildman–Crippen LogP) is 2.81. The summed E-state index contributed by atoms with van der Waals surface area (Å²) in [6.07, 6.45) is 2.71. The first-order chi connectivity index (χ1) is 15.5. The Kier molecular flexibility index (Phi) is 7.92. The molecule has 1 aromatic carbocycles. The number of carbonyl (C=O) groups is 3. The Morgan fingerprint density at radius 1 is 1.16 bits per heavy atom. The van der Waals surface area contributed by atoms with E-state index in [4.69, 9.17) is 9.15 Å². The number of piperidine rings is 1. The standard InChI is InChI=1S/C24H31N3O5/c1-4-26(5-2)24(30)21(25-22(28)18-8-6-9-19(16-18)31-3)17-11-13-27(14-12-17)23(29)20-10-7-15-32-20/h6-10,15-17,21H,4-5,11-14H2,1-3H3,(H,25,28). The van der Waals surface area contributed by atoms with Gasteiger partial charge in [-0.3, -0.25) is 14.4 Å². The predicted molar refractivity (Wildman–Crippen MR) is 120 cm³/mol. The van der Waals surface area contributed by atoms with E-state index < -0.39 is 6.04 Å². The van der Waals surface area contributed by atoms with Crippen LogP contribution < -0.4 is 10.1 Å². The molecule has 1 aliphatic heterocycles. The molecule has 1 saturated heterocycles. The van der Waals surface area contributed by atoms with Gasteiger partial charge in [-0.05, 0) is 62.9 Å². The van der Waals surface area contributed by atoms with Crippen molar-refractivity contribution in [1.82, 2.24) is 15.1 Å². The fourth-order valence-corrected chi connectivity index (χ4v) is 4.09. The molecule has 0 radical (unpaired) electrons. The van der Waals surface area contributed by atoms with Crippen LogP contribution in [0.2, 0.25) is 0 Å². The molecule has 1 N–H and O–H groups in total. The van der Waals surface area contributed by atoms with Crippen molar-refractivity contribution in [2.45, 2.75) is 32.7 Å². The van der Waals surface area contributed by atoms with Gasteiger partial charge in [-0.1, -0.05) is 6.07 Å². The van der Waals surface area contributed by atoms with Crippen LogP contribution in [0, 0.1) is 5.92 Å². The summed E-state index contributed by atoms with van der Waals surface area (Å²) < 4.78 is 10.4. The van der Waals surface area contributed by atoms with Crippen molar-refractivity contribution in [2.24, 2.45) is 5.92 Å². The number of hydrogen-bond acceptors (Lipinski definition) is 5. The number of furan rings is 1. The molecule has 0 spiro atoms. The molecule has 172 valence electrons. The third kappa shape index (κ3) is 5.30. The van der Waals surface area contributed by atoms with E-state index >= 15 is 0 Å². The summed E-state index contributed by atoms with van der Waals surface area (Å²) in [6.45, 7) is 5.98. The average molecular weight is 442 g/mol. The monoisotopic (exact) mass is 441 g/mol. The highest BCUT2D eigenvalue weighted by Crippen LogP contribution is 2.24. The van der Waals surface area contributed by atoms with E-state index in [0.29, 0.717) is 56.1 Å². The second-order valence-corrected chi connectivity index (χ2v) is 7.80. The second-order valence-electron chi connectivity index (χ2n) is 7.80. The lowest BCUT2D eigenvalue weighted by atomic mass is 9.88. The van der Waals surface area contributed by atoms with E-state index in [1.165, 1.54) is 6.26 Å². The molecule has 0 bridgehead atoms. The minimum atomic E-state index is -0.658. The molecule has 8 nitrogen and oxygen atoms in total. The average Bonchev–Trinajstić information content (AvgIpc) is 3.38. The van der Waals surface area contributed by atoms with Crippen LogP contribution in [0.4, 0.5) is 0 Å². The first kappa shape index (κ1) is 23.4. The molecular weight excluding hydrogens is 410 g/mol. The molecule has 2 aromatic rings. The Morgan fingerprint density at radius 3 is 2.47 bits per heavy atom. The van der Waals surface area contributed by atoms with Crippen molar-refractivity contribution in [3.63, 3.8) is 0 Å². The van der Waals surface area contributed by atoms with Gasteiger partial charge in [-0.2, -0.15) is 0 Å². The maximum Gasteiger partial charge on any atom is 0.289 e. The number of nitrogens with zero attached hydrogens (tertiary/aromatic N) is 2. The molecule has 1 atom stereocenters. The SMILES string of the molecule is CCN(CC)C(=O)C(NC(=O)c1cccc(OC)c1)C1CCN(C(=O)c2ccco2)CC1. The fraction of sp³-hybridized carbons (Fsp3) is 0.458. The van der Waals surface area contributed by atoms with Gasteiger partial charge in [0.25, 0.3) is 11.8 Å². The quantitative estimate of drug-likeness (QED) is 0.680. The number of nitrogens with one attached hydrogen (secondary N) is 1. The summed E-state index contributed by atoms with van der Waals surface area (Å²) >= 11 is 0. The number of likely N-dealkylation sites (N-methyl/N-ethyl adjacent to an activating group) is 1. The van der Waals surface area contributed by atoms with Crippen molar-refractivity contribution in [2.75, 3.05) is 33.3 Å². The number of amides is 3. The molecule has 1 aliphatic rings. The smallest absolute Gasteiger partial charge is 0.289 e. The Hall–Kier alpha value is -3.29. The van der Waals surface area contributed by atoms with Crippen LogP contribution in [0.1, 0.15) is 47.6 Å². The Bertz CT molecular complexity index is 915. The van der Waals surface area contributed by atoms with Gasteiger partial charge in [-0.25, -0.2) is 0 Å². The summed E-state index contributed by atoms with van der Waals surface area (Å²) in [5, 5.41) is 2.97. The number of benzene rings is 1. The van der Waals surface area contributed by atoms with Gasteiger partial charge >= 0.3 is 0 Å². The molecule has 1 unspecified atom stereocenters. The Morgan fingerprint density at radius 2 is 1.88 bits per heavy atom. The van der Waals surface area contributed by atoms with Gasteiger partial charge < -0.3 is 24.3 Å². The molecule has 32 heavy (non-hydrogen) atoms. The maximum absolute atomic E-state index is 13.3. The molecule has 3 rings (SSSR count).